The second-order valence-electron chi connectivity index (χ2n) is 7.19. The van der Waals surface area contributed by atoms with Crippen LogP contribution in [-0.2, 0) is 0 Å². The van der Waals surface area contributed by atoms with Gasteiger partial charge in [-0.2, -0.15) is 4.98 Å². The Morgan fingerprint density at radius 3 is 2.39 bits per heavy atom. The van der Waals surface area contributed by atoms with E-state index in [4.69, 9.17) is 14.0 Å². The van der Waals surface area contributed by atoms with Crippen molar-refractivity contribution in [2.24, 2.45) is 0 Å². The Balaban J connectivity index is 1.61. The van der Waals surface area contributed by atoms with Crippen LogP contribution in [0.1, 0.15) is 15.9 Å². The van der Waals surface area contributed by atoms with Gasteiger partial charge in [-0.05, 0) is 55.0 Å². The average molecular weight is 449 g/mol. The quantitative estimate of drug-likeness (QED) is 0.406. The molecule has 0 saturated carbocycles. The van der Waals surface area contributed by atoms with Crippen molar-refractivity contribution in [1.82, 2.24) is 10.1 Å². The number of ether oxygens (including phenoxy) is 2. The third-order valence-corrected chi connectivity index (χ3v) is 4.89. The fourth-order valence-electron chi connectivity index (χ4n) is 3.17. The Kier molecular flexibility index (Phi) is 5.95. The van der Waals surface area contributed by atoms with E-state index in [1.807, 2.05) is 0 Å². The molecule has 0 spiro atoms. The number of hydrogen-bond acceptors (Lipinski definition) is 7. The van der Waals surface area contributed by atoms with Crippen LogP contribution in [0.4, 0.5) is 10.1 Å². The number of halogens is 1. The summed E-state index contributed by atoms with van der Waals surface area (Å²) in [6, 6.07) is 13.8. The van der Waals surface area contributed by atoms with Crippen LogP contribution in [0.2, 0.25) is 0 Å². The summed E-state index contributed by atoms with van der Waals surface area (Å²) in [7, 11) is 2.98. The lowest BCUT2D eigenvalue weighted by atomic mass is 10.1. The van der Waals surface area contributed by atoms with E-state index in [2.05, 4.69) is 15.5 Å². The second kappa shape index (κ2) is 8.99. The van der Waals surface area contributed by atoms with Gasteiger partial charge in [0.15, 0.2) is 0 Å². The third-order valence-electron chi connectivity index (χ3n) is 4.89. The number of carbonyl (C=O) groups excluding carboxylic acids is 1. The van der Waals surface area contributed by atoms with Gasteiger partial charge in [0.25, 0.3) is 11.8 Å². The van der Waals surface area contributed by atoms with Crippen molar-refractivity contribution in [3.8, 4) is 40.1 Å². The highest BCUT2D eigenvalue weighted by atomic mass is 19.1. The van der Waals surface area contributed by atoms with E-state index in [-0.39, 0.29) is 28.6 Å². The maximum atomic E-state index is 14.3. The molecule has 0 atom stereocenters. The van der Waals surface area contributed by atoms with Crippen LogP contribution in [0.25, 0.3) is 22.8 Å². The number of aryl methyl sites for hydroxylation is 1. The fourth-order valence-corrected chi connectivity index (χ4v) is 3.17. The summed E-state index contributed by atoms with van der Waals surface area (Å²) in [6.07, 6.45) is 0. The zero-order chi connectivity index (χ0) is 23.5. The van der Waals surface area contributed by atoms with Crippen LogP contribution >= 0.6 is 0 Å². The Morgan fingerprint density at radius 1 is 1.00 bits per heavy atom. The minimum atomic E-state index is -0.485. The molecule has 33 heavy (non-hydrogen) atoms. The number of phenols is 1. The monoisotopic (exact) mass is 449 g/mol. The van der Waals surface area contributed by atoms with Crippen molar-refractivity contribution in [2.75, 3.05) is 19.5 Å². The number of benzene rings is 3. The predicted molar refractivity (Wildman–Crippen MR) is 119 cm³/mol. The minimum Gasteiger partial charge on any atom is -0.507 e. The summed E-state index contributed by atoms with van der Waals surface area (Å²) < 4.78 is 29.9. The molecule has 0 radical (unpaired) electrons. The zero-order valence-electron chi connectivity index (χ0n) is 18.0. The topological polar surface area (TPSA) is 107 Å². The Labute approximate surface area is 188 Å². The molecule has 3 aromatic carbocycles. The number of aromatic nitrogens is 2. The number of hydrogen-bond donors (Lipinski definition) is 2. The van der Waals surface area contributed by atoms with E-state index < -0.39 is 11.7 Å². The number of nitrogens with zero attached hydrogens (tertiary/aromatic N) is 2. The first-order valence-electron chi connectivity index (χ1n) is 9.86. The molecular formula is C24H20FN3O5. The molecule has 8 nitrogen and oxygen atoms in total. The van der Waals surface area contributed by atoms with Gasteiger partial charge >= 0.3 is 0 Å². The molecule has 0 unspecified atom stereocenters. The van der Waals surface area contributed by atoms with E-state index in [1.54, 1.807) is 37.3 Å². The molecule has 0 aliphatic heterocycles. The Morgan fingerprint density at radius 2 is 1.73 bits per heavy atom. The lowest BCUT2D eigenvalue weighted by Crippen LogP contribution is -2.12. The molecule has 4 aromatic rings. The van der Waals surface area contributed by atoms with Crippen molar-refractivity contribution in [1.29, 1.82) is 0 Å². The molecule has 1 heterocycles. The molecule has 4 rings (SSSR count). The fraction of sp³-hybridized carbons (Fsp3) is 0.125. The summed E-state index contributed by atoms with van der Waals surface area (Å²) in [4.78, 5) is 17.0. The lowest BCUT2D eigenvalue weighted by Gasteiger charge is -2.10. The second-order valence-corrected chi connectivity index (χ2v) is 7.19. The van der Waals surface area contributed by atoms with Crippen LogP contribution in [0.3, 0.4) is 0 Å². The molecule has 168 valence electrons. The van der Waals surface area contributed by atoms with Crippen LogP contribution in [0.5, 0.6) is 17.2 Å². The first-order valence-corrected chi connectivity index (χ1v) is 9.86. The summed E-state index contributed by atoms with van der Waals surface area (Å²) >= 11 is 0. The Hall–Kier alpha value is -4.40. The van der Waals surface area contributed by atoms with Gasteiger partial charge in [-0.3, -0.25) is 4.79 Å². The van der Waals surface area contributed by atoms with Crippen LogP contribution in [-0.4, -0.2) is 35.4 Å². The van der Waals surface area contributed by atoms with Gasteiger partial charge in [-0.1, -0.05) is 11.2 Å². The molecular weight excluding hydrogens is 429 g/mol. The van der Waals surface area contributed by atoms with E-state index in [1.165, 1.54) is 38.5 Å². The highest BCUT2D eigenvalue weighted by Gasteiger charge is 2.18. The van der Waals surface area contributed by atoms with Crippen molar-refractivity contribution in [3.63, 3.8) is 0 Å². The Bertz CT molecular complexity index is 1310. The van der Waals surface area contributed by atoms with Gasteiger partial charge in [-0.25, -0.2) is 4.39 Å². The SMILES string of the molecule is COc1cc(OC)cc(C(=O)Nc2ccc(O)c(-c3nc(-c4ccc(C)cc4F)no3)c2)c1. The summed E-state index contributed by atoms with van der Waals surface area (Å²) in [6.45, 7) is 1.77. The first kappa shape index (κ1) is 21.8. The molecule has 1 amide bonds. The normalized spacial score (nSPS) is 10.7. The number of phenolic OH excluding ortho intramolecular Hbond substituents is 1. The van der Waals surface area contributed by atoms with Crippen molar-refractivity contribution < 1.29 is 28.3 Å². The van der Waals surface area contributed by atoms with Gasteiger partial charge < -0.3 is 24.4 Å². The number of carbonyl (C=O) groups is 1. The van der Waals surface area contributed by atoms with E-state index in [0.29, 0.717) is 22.7 Å². The number of aromatic hydroxyl groups is 1. The van der Waals surface area contributed by atoms with Gasteiger partial charge in [0.1, 0.15) is 23.1 Å². The molecule has 0 aliphatic carbocycles. The van der Waals surface area contributed by atoms with Crippen molar-refractivity contribution in [3.05, 3.63) is 71.5 Å². The zero-order valence-corrected chi connectivity index (χ0v) is 18.0. The van der Waals surface area contributed by atoms with E-state index in [9.17, 15) is 14.3 Å². The lowest BCUT2D eigenvalue weighted by molar-refractivity contribution is 0.102. The number of nitrogens with one attached hydrogen (secondary N) is 1. The summed E-state index contributed by atoms with van der Waals surface area (Å²) in [5, 5.41) is 16.9. The molecule has 0 fully saturated rings. The molecule has 1 aromatic heterocycles. The average Bonchev–Trinajstić information content (AvgIpc) is 3.29. The van der Waals surface area contributed by atoms with Gasteiger partial charge in [0.2, 0.25) is 5.82 Å². The number of anilines is 1. The smallest absolute Gasteiger partial charge is 0.262 e. The van der Waals surface area contributed by atoms with Gasteiger partial charge in [0, 0.05) is 17.3 Å². The van der Waals surface area contributed by atoms with Gasteiger partial charge in [-0.15, -0.1) is 0 Å². The minimum absolute atomic E-state index is 0.0263. The molecule has 2 N–H and O–H groups in total. The molecule has 0 saturated heterocycles. The van der Waals surface area contributed by atoms with Crippen LogP contribution < -0.4 is 14.8 Å². The molecule has 0 aliphatic rings. The highest BCUT2D eigenvalue weighted by molar-refractivity contribution is 6.05. The largest absolute Gasteiger partial charge is 0.507 e. The standard InChI is InChI=1S/C24H20FN3O5/c1-13-4-6-18(20(25)8-13)22-27-24(33-28-22)19-11-15(5-7-21(19)29)26-23(30)14-9-16(31-2)12-17(10-14)32-3/h4-12,29H,1-3H3,(H,26,30). The first-order chi connectivity index (χ1) is 15.9. The molecule has 9 heteroatoms. The number of rotatable bonds is 6. The number of amides is 1. The highest BCUT2D eigenvalue weighted by Crippen LogP contribution is 2.33. The third kappa shape index (κ3) is 4.62. The summed E-state index contributed by atoms with van der Waals surface area (Å²) in [5.74, 6) is -0.101. The van der Waals surface area contributed by atoms with Crippen molar-refractivity contribution >= 4 is 11.6 Å². The van der Waals surface area contributed by atoms with Crippen LogP contribution in [0.15, 0.2) is 59.1 Å². The summed E-state index contributed by atoms with van der Waals surface area (Å²) in [5.41, 5.74) is 1.80. The maximum Gasteiger partial charge on any atom is 0.262 e. The molecule has 0 bridgehead atoms. The van der Waals surface area contributed by atoms with E-state index >= 15 is 0 Å². The maximum absolute atomic E-state index is 14.3. The number of methoxy groups -OCH3 is 2. The van der Waals surface area contributed by atoms with E-state index in [0.717, 1.165) is 5.56 Å². The van der Waals surface area contributed by atoms with Crippen LogP contribution in [0, 0.1) is 12.7 Å². The predicted octanol–water partition coefficient (Wildman–Crippen LogP) is 4.83. The van der Waals surface area contributed by atoms with Crippen molar-refractivity contribution in [2.45, 2.75) is 6.92 Å². The van der Waals surface area contributed by atoms with Gasteiger partial charge in [0.05, 0.1) is 25.3 Å².